The van der Waals surface area contributed by atoms with E-state index in [1.807, 2.05) is 6.07 Å². The first-order valence-electron chi connectivity index (χ1n) is 6.23. The molecule has 0 aliphatic heterocycles. The van der Waals surface area contributed by atoms with Gasteiger partial charge in [0, 0.05) is 10.6 Å². The monoisotopic (exact) mass is 303 g/mol. The summed E-state index contributed by atoms with van der Waals surface area (Å²) >= 11 is 5.90. The summed E-state index contributed by atoms with van der Waals surface area (Å²) in [4.78, 5) is 12.5. The fourth-order valence-electron chi connectivity index (χ4n) is 1.90. The van der Waals surface area contributed by atoms with Crippen molar-refractivity contribution in [3.8, 4) is 11.8 Å². The molecule has 0 N–H and O–H groups in total. The lowest BCUT2D eigenvalue weighted by molar-refractivity contribution is 0.103. The van der Waals surface area contributed by atoms with Crippen molar-refractivity contribution in [1.29, 1.82) is 5.26 Å². The molecule has 2 aromatic carbocycles. The molecule has 0 amide bonds. The van der Waals surface area contributed by atoms with Crippen LogP contribution < -0.4 is 4.74 Å². The van der Waals surface area contributed by atoms with Crippen LogP contribution in [0.15, 0.2) is 36.4 Å². The van der Waals surface area contributed by atoms with Crippen LogP contribution in [0.4, 0.5) is 4.39 Å². The molecule has 106 valence electrons. The Labute approximate surface area is 126 Å². The van der Waals surface area contributed by atoms with E-state index < -0.39 is 11.6 Å². The highest BCUT2D eigenvalue weighted by Gasteiger charge is 2.17. The third-order valence-electron chi connectivity index (χ3n) is 2.78. The van der Waals surface area contributed by atoms with Crippen molar-refractivity contribution < 1.29 is 13.9 Å². The average molecular weight is 304 g/mol. The highest BCUT2D eigenvalue weighted by Crippen LogP contribution is 2.26. The number of rotatable bonds is 4. The van der Waals surface area contributed by atoms with Crippen LogP contribution in [0.25, 0.3) is 0 Å². The van der Waals surface area contributed by atoms with Crippen molar-refractivity contribution in [2.45, 2.75) is 6.92 Å². The third-order valence-corrected chi connectivity index (χ3v) is 3.01. The molecule has 2 aromatic rings. The van der Waals surface area contributed by atoms with Crippen molar-refractivity contribution >= 4 is 17.4 Å². The Morgan fingerprint density at radius 3 is 2.76 bits per heavy atom. The van der Waals surface area contributed by atoms with Gasteiger partial charge >= 0.3 is 0 Å². The third kappa shape index (κ3) is 3.39. The Balaban J connectivity index is 2.52. The Morgan fingerprint density at radius 2 is 2.10 bits per heavy atom. The van der Waals surface area contributed by atoms with Gasteiger partial charge in [0.15, 0.2) is 5.78 Å². The van der Waals surface area contributed by atoms with Crippen LogP contribution >= 0.6 is 11.6 Å². The first-order valence-corrected chi connectivity index (χ1v) is 6.60. The summed E-state index contributed by atoms with van der Waals surface area (Å²) in [5.74, 6) is -0.719. The molecule has 0 aromatic heterocycles. The number of ketones is 1. The van der Waals surface area contributed by atoms with Gasteiger partial charge < -0.3 is 4.74 Å². The molecule has 21 heavy (non-hydrogen) atoms. The topological polar surface area (TPSA) is 50.1 Å². The Bertz CT molecular complexity index is 738. The van der Waals surface area contributed by atoms with Gasteiger partial charge in [-0.25, -0.2) is 4.39 Å². The van der Waals surface area contributed by atoms with Crippen LogP contribution in [0.1, 0.15) is 28.4 Å². The summed E-state index contributed by atoms with van der Waals surface area (Å²) in [6.07, 6.45) is 0. The zero-order chi connectivity index (χ0) is 15.4. The van der Waals surface area contributed by atoms with Crippen LogP contribution in [0.3, 0.4) is 0 Å². The molecule has 2 rings (SSSR count). The van der Waals surface area contributed by atoms with Crippen LogP contribution in [0.5, 0.6) is 5.75 Å². The number of carbonyl (C=O) groups excluding carboxylic acids is 1. The molecular weight excluding hydrogens is 293 g/mol. The first kappa shape index (κ1) is 15.0. The second kappa shape index (κ2) is 6.38. The maximum absolute atomic E-state index is 13.5. The lowest BCUT2D eigenvalue weighted by Crippen LogP contribution is -2.06. The van der Waals surface area contributed by atoms with Gasteiger partial charge in [-0.3, -0.25) is 4.79 Å². The Morgan fingerprint density at radius 1 is 1.33 bits per heavy atom. The van der Waals surface area contributed by atoms with Crippen molar-refractivity contribution in [1.82, 2.24) is 0 Å². The minimum atomic E-state index is -0.641. The molecule has 0 heterocycles. The number of carbonyl (C=O) groups is 1. The first-order chi connectivity index (χ1) is 10.0. The molecule has 0 fully saturated rings. The van der Waals surface area contributed by atoms with Gasteiger partial charge in [0.2, 0.25) is 0 Å². The Hall–Kier alpha value is -2.38. The van der Waals surface area contributed by atoms with Gasteiger partial charge in [-0.1, -0.05) is 11.6 Å². The van der Waals surface area contributed by atoms with Gasteiger partial charge in [-0.2, -0.15) is 5.26 Å². The van der Waals surface area contributed by atoms with Crippen LogP contribution in [-0.2, 0) is 0 Å². The molecule has 3 nitrogen and oxygen atoms in total. The fraction of sp³-hybridized carbons (Fsp3) is 0.125. The molecule has 0 saturated heterocycles. The van der Waals surface area contributed by atoms with Gasteiger partial charge in [-0.15, -0.1) is 0 Å². The molecule has 0 aliphatic carbocycles. The van der Waals surface area contributed by atoms with Crippen LogP contribution in [0.2, 0.25) is 5.02 Å². The minimum absolute atomic E-state index is 0.0785. The minimum Gasteiger partial charge on any atom is -0.493 e. The molecule has 0 saturated carbocycles. The van der Waals surface area contributed by atoms with Crippen molar-refractivity contribution in [3.63, 3.8) is 0 Å². The summed E-state index contributed by atoms with van der Waals surface area (Å²) in [6, 6.07) is 9.96. The predicted molar refractivity (Wildman–Crippen MR) is 77.2 cm³/mol. The van der Waals surface area contributed by atoms with E-state index in [1.165, 1.54) is 12.1 Å². The van der Waals surface area contributed by atoms with Gasteiger partial charge in [0.1, 0.15) is 11.6 Å². The van der Waals surface area contributed by atoms with E-state index in [9.17, 15) is 9.18 Å². The van der Waals surface area contributed by atoms with Gasteiger partial charge in [0.05, 0.1) is 23.8 Å². The maximum Gasteiger partial charge on any atom is 0.196 e. The second-order valence-electron chi connectivity index (χ2n) is 4.24. The highest BCUT2D eigenvalue weighted by molar-refractivity contribution is 6.31. The average Bonchev–Trinajstić information content (AvgIpc) is 2.47. The van der Waals surface area contributed by atoms with E-state index in [0.717, 1.165) is 12.1 Å². The number of hydrogen-bond acceptors (Lipinski definition) is 3. The zero-order valence-electron chi connectivity index (χ0n) is 11.2. The SMILES string of the molecule is CCOc1ccc(Cl)cc1C(=O)c1cc(F)cc(C#N)c1. The standard InChI is InChI=1S/C16H11ClFNO2/c1-2-21-15-4-3-12(17)8-14(15)16(20)11-5-10(9-19)6-13(18)7-11/h3-8H,2H2,1H3. The smallest absolute Gasteiger partial charge is 0.196 e. The Kier molecular flexibility index (Phi) is 4.56. The molecule has 0 bridgehead atoms. The van der Waals surface area contributed by atoms with E-state index in [-0.39, 0.29) is 16.7 Å². The number of nitriles is 1. The second-order valence-corrected chi connectivity index (χ2v) is 4.68. The lowest BCUT2D eigenvalue weighted by atomic mass is 10.0. The van der Waals surface area contributed by atoms with Crippen molar-refractivity contribution in [2.24, 2.45) is 0 Å². The summed E-state index contributed by atoms with van der Waals surface area (Å²) in [6.45, 7) is 2.17. The molecule has 0 aliphatic rings. The quantitative estimate of drug-likeness (QED) is 0.803. The van der Waals surface area contributed by atoms with Crippen molar-refractivity contribution in [2.75, 3.05) is 6.61 Å². The summed E-state index contributed by atoms with van der Waals surface area (Å²) in [7, 11) is 0. The summed E-state index contributed by atoms with van der Waals surface area (Å²) in [5, 5.41) is 9.22. The number of hydrogen-bond donors (Lipinski definition) is 0. The van der Waals surface area contributed by atoms with E-state index in [2.05, 4.69) is 0 Å². The van der Waals surface area contributed by atoms with E-state index >= 15 is 0 Å². The number of ether oxygens (including phenoxy) is 1. The number of benzene rings is 2. The molecule has 0 unspecified atom stereocenters. The predicted octanol–water partition coefficient (Wildman–Crippen LogP) is 3.98. The molecule has 0 radical (unpaired) electrons. The van der Waals surface area contributed by atoms with E-state index in [0.29, 0.717) is 17.4 Å². The summed E-state index contributed by atoms with van der Waals surface area (Å²) < 4.78 is 18.8. The number of nitrogens with zero attached hydrogens (tertiary/aromatic N) is 1. The van der Waals surface area contributed by atoms with E-state index in [1.54, 1.807) is 19.1 Å². The van der Waals surface area contributed by atoms with Gasteiger partial charge in [-0.05, 0) is 43.3 Å². The number of halogens is 2. The molecule has 0 spiro atoms. The molecule has 0 atom stereocenters. The largest absolute Gasteiger partial charge is 0.493 e. The lowest BCUT2D eigenvalue weighted by Gasteiger charge is -2.10. The highest BCUT2D eigenvalue weighted by atomic mass is 35.5. The molecular formula is C16H11ClFNO2. The fourth-order valence-corrected chi connectivity index (χ4v) is 2.07. The normalized spacial score (nSPS) is 10.0. The van der Waals surface area contributed by atoms with Crippen LogP contribution in [-0.4, -0.2) is 12.4 Å². The van der Waals surface area contributed by atoms with Gasteiger partial charge in [0.25, 0.3) is 0 Å². The molecule has 5 heteroatoms. The van der Waals surface area contributed by atoms with Crippen molar-refractivity contribution in [3.05, 3.63) is 63.9 Å². The van der Waals surface area contributed by atoms with E-state index in [4.69, 9.17) is 21.6 Å². The van der Waals surface area contributed by atoms with Crippen LogP contribution in [0, 0.1) is 17.1 Å². The maximum atomic E-state index is 13.5. The zero-order valence-corrected chi connectivity index (χ0v) is 11.9. The summed E-state index contributed by atoms with van der Waals surface area (Å²) in [5.41, 5.74) is 0.395.